The maximum absolute atomic E-state index is 11.1. The molecule has 2 aromatic rings. The molecule has 0 unspecified atom stereocenters. The van der Waals surface area contributed by atoms with Crippen molar-refractivity contribution >= 4 is 5.91 Å². The van der Waals surface area contributed by atoms with E-state index in [0.717, 1.165) is 17.8 Å². The van der Waals surface area contributed by atoms with Gasteiger partial charge in [0.25, 0.3) is 5.91 Å². The van der Waals surface area contributed by atoms with Crippen LogP contribution in [0.15, 0.2) is 36.7 Å². The lowest BCUT2D eigenvalue weighted by atomic mass is 10.1. The minimum atomic E-state index is -0.471. The van der Waals surface area contributed by atoms with Crippen LogP contribution in [0.1, 0.15) is 36.7 Å². The molecule has 0 saturated heterocycles. The molecule has 2 rings (SSSR count). The van der Waals surface area contributed by atoms with Gasteiger partial charge in [0.05, 0.1) is 17.4 Å². The van der Waals surface area contributed by atoms with Crippen LogP contribution in [0.3, 0.4) is 0 Å². The SMILES string of the molecule is CC(C)(C)NCc1ccccc1-n1cc(C(N)=O)cn1. The molecule has 3 N–H and O–H groups in total. The highest BCUT2D eigenvalue weighted by Crippen LogP contribution is 2.15. The maximum atomic E-state index is 11.1. The van der Waals surface area contributed by atoms with Crippen LogP contribution >= 0.6 is 0 Å². The molecule has 0 spiro atoms. The number of benzene rings is 1. The fraction of sp³-hybridized carbons (Fsp3) is 0.333. The van der Waals surface area contributed by atoms with Crippen molar-refractivity contribution in [3.05, 3.63) is 47.8 Å². The zero-order valence-electron chi connectivity index (χ0n) is 12.1. The van der Waals surface area contributed by atoms with Gasteiger partial charge in [-0.2, -0.15) is 5.10 Å². The number of para-hydroxylation sites is 1. The molecule has 0 bridgehead atoms. The largest absolute Gasteiger partial charge is 0.366 e. The van der Waals surface area contributed by atoms with Crippen LogP contribution in [0.2, 0.25) is 0 Å². The van der Waals surface area contributed by atoms with E-state index in [2.05, 4.69) is 31.2 Å². The van der Waals surface area contributed by atoms with Gasteiger partial charge in [0.15, 0.2) is 0 Å². The summed E-state index contributed by atoms with van der Waals surface area (Å²) in [5, 5.41) is 7.65. The van der Waals surface area contributed by atoms with Gasteiger partial charge in [0, 0.05) is 18.3 Å². The molecule has 106 valence electrons. The van der Waals surface area contributed by atoms with Gasteiger partial charge < -0.3 is 11.1 Å². The third-order valence-corrected chi connectivity index (χ3v) is 2.91. The monoisotopic (exact) mass is 272 g/mol. The number of nitrogens with one attached hydrogen (secondary N) is 1. The van der Waals surface area contributed by atoms with E-state index in [0.29, 0.717) is 5.56 Å². The smallest absolute Gasteiger partial charge is 0.251 e. The Morgan fingerprint density at radius 3 is 2.65 bits per heavy atom. The van der Waals surface area contributed by atoms with E-state index in [1.165, 1.54) is 6.20 Å². The average molecular weight is 272 g/mol. The van der Waals surface area contributed by atoms with Gasteiger partial charge in [0.1, 0.15) is 0 Å². The second-order valence-corrected chi connectivity index (χ2v) is 5.77. The van der Waals surface area contributed by atoms with Gasteiger partial charge in [-0.3, -0.25) is 4.79 Å². The fourth-order valence-corrected chi connectivity index (χ4v) is 1.83. The maximum Gasteiger partial charge on any atom is 0.251 e. The standard InChI is InChI=1S/C15H20N4O/c1-15(2,3)17-8-11-6-4-5-7-13(11)19-10-12(9-18-19)14(16)20/h4-7,9-10,17H,8H2,1-3H3,(H2,16,20). The van der Waals surface area contributed by atoms with Crippen LogP contribution in [0.5, 0.6) is 0 Å². The zero-order chi connectivity index (χ0) is 14.8. The average Bonchev–Trinajstić information content (AvgIpc) is 2.85. The van der Waals surface area contributed by atoms with Gasteiger partial charge in [-0.25, -0.2) is 4.68 Å². The van der Waals surface area contributed by atoms with Crippen LogP contribution in [-0.2, 0) is 6.54 Å². The van der Waals surface area contributed by atoms with Crippen molar-refractivity contribution < 1.29 is 4.79 Å². The van der Waals surface area contributed by atoms with Crippen LogP contribution in [0, 0.1) is 0 Å². The number of nitrogens with two attached hydrogens (primary N) is 1. The summed E-state index contributed by atoms with van der Waals surface area (Å²) in [5.74, 6) is -0.471. The van der Waals surface area contributed by atoms with Crippen LogP contribution in [-0.4, -0.2) is 21.2 Å². The Labute approximate surface area is 118 Å². The number of carbonyl (C=O) groups excluding carboxylic acids is 1. The second kappa shape index (κ2) is 5.46. The third kappa shape index (κ3) is 3.45. The molecule has 0 radical (unpaired) electrons. The minimum Gasteiger partial charge on any atom is -0.366 e. The van der Waals surface area contributed by atoms with Crippen molar-refractivity contribution in [3.8, 4) is 5.69 Å². The summed E-state index contributed by atoms with van der Waals surface area (Å²) in [6.45, 7) is 7.09. The van der Waals surface area contributed by atoms with Gasteiger partial charge in [-0.1, -0.05) is 18.2 Å². The Kier molecular flexibility index (Phi) is 3.90. The summed E-state index contributed by atoms with van der Waals surface area (Å²) in [5.41, 5.74) is 7.75. The van der Waals surface area contributed by atoms with Gasteiger partial charge >= 0.3 is 0 Å². The molecule has 1 aromatic heterocycles. The normalized spacial score (nSPS) is 11.6. The van der Waals surface area contributed by atoms with E-state index in [4.69, 9.17) is 5.73 Å². The lowest BCUT2D eigenvalue weighted by Gasteiger charge is -2.21. The summed E-state index contributed by atoms with van der Waals surface area (Å²) in [6.07, 6.45) is 3.13. The number of hydrogen-bond donors (Lipinski definition) is 2. The third-order valence-electron chi connectivity index (χ3n) is 2.91. The van der Waals surface area contributed by atoms with Crippen molar-refractivity contribution in [1.29, 1.82) is 0 Å². The first-order valence-electron chi connectivity index (χ1n) is 6.54. The van der Waals surface area contributed by atoms with Crippen LogP contribution in [0.25, 0.3) is 5.69 Å². The molecular formula is C15H20N4O. The highest BCUT2D eigenvalue weighted by atomic mass is 16.1. The van der Waals surface area contributed by atoms with E-state index in [1.54, 1.807) is 10.9 Å². The van der Waals surface area contributed by atoms with Crippen molar-refractivity contribution in [2.24, 2.45) is 5.73 Å². The number of rotatable bonds is 4. The van der Waals surface area contributed by atoms with Crippen molar-refractivity contribution in [2.75, 3.05) is 0 Å². The van der Waals surface area contributed by atoms with E-state index in [9.17, 15) is 4.79 Å². The Bertz CT molecular complexity index is 610. The van der Waals surface area contributed by atoms with Crippen molar-refractivity contribution in [2.45, 2.75) is 32.9 Å². The Morgan fingerprint density at radius 1 is 1.35 bits per heavy atom. The van der Waals surface area contributed by atoms with E-state index >= 15 is 0 Å². The number of nitrogens with zero attached hydrogens (tertiary/aromatic N) is 2. The van der Waals surface area contributed by atoms with Crippen molar-refractivity contribution in [1.82, 2.24) is 15.1 Å². The molecule has 1 heterocycles. The van der Waals surface area contributed by atoms with E-state index in [-0.39, 0.29) is 5.54 Å². The number of hydrogen-bond acceptors (Lipinski definition) is 3. The van der Waals surface area contributed by atoms with Gasteiger partial charge in [-0.15, -0.1) is 0 Å². The molecule has 0 aliphatic carbocycles. The number of amides is 1. The van der Waals surface area contributed by atoms with E-state index in [1.807, 2.05) is 24.3 Å². The zero-order valence-corrected chi connectivity index (χ0v) is 12.1. The Hall–Kier alpha value is -2.14. The van der Waals surface area contributed by atoms with Crippen LogP contribution in [0.4, 0.5) is 0 Å². The molecule has 5 heteroatoms. The first kappa shape index (κ1) is 14.3. The topological polar surface area (TPSA) is 72.9 Å². The molecular weight excluding hydrogens is 252 g/mol. The lowest BCUT2D eigenvalue weighted by Crippen LogP contribution is -2.35. The summed E-state index contributed by atoms with van der Waals surface area (Å²) < 4.78 is 1.68. The molecule has 0 saturated carbocycles. The molecule has 1 aromatic carbocycles. The highest BCUT2D eigenvalue weighted by molar-refractivity contribution is 5.92. The Balaban J connectivity index is 2.29. The summed E-state index contributed by atoms with van der Waals surface area (Å²) in [7, 11) is 0. The highest BCUT2D eigenvalue weighted by Gasteiger charge is 2.12. The first-order chi connectivity index (χ1) is 9.37. The van der Waals surface area contributed by atoms with Gasteiger partial charge in [-0.05, 0) is 32.4 Å². The summed E-state index contributed by atoms with van der Waals surface area (Å²) >= 11 is 0. The molecule has 0 aliphatic rings. The molecule has 0 fully saturated rings. The minimum absolute atomic E-state index is 0.0373. The quantitative estimate of drug-likeness (QED) is 0.892. The second-order valence-electron chi connectivity index (χ2n) is 5.77. The summed E-state index contributed by atoms with van der Waals surface area (Å²) in [4.78, 5) is 11.1. The van der Waals surface area contributed by atoms with Crippen molar-refractivity contribution in [3.63, 3.8) is 0 Å². The first-order valence-corrected chi connectivity index (χ1v) is 6.54. The number of aromatic nitrogens is 2. The molecule has 5 nitrogen and oxygen atoms in total. The fourth-order valence-electron chi connectivity index (χ4n) is 1.83. The molecule has 20 heavy (non-hydrogen) atoms. The Morgan fingerprint density at radius 2 is 2.05 bits per heavy atom. The number of carbonyl (C=O) groups is 1. The predicted molar refractivity (Wildman–Crippen MR) is 78.7 cm³/mol. The molecule has 0 atom stereocenters. The van der Waals surface area contributed by atoms with Crippen LogP contribution < -0.4 is 11.1 Å². The number of primary amides is 1. The lowest BCUT2D eigenvalue weighted by molar-refractivity contribution is 0.100. The predicted octanol–water partition coefficient (Wildman–Crippen LogP) is 1.86. The van der Waals surface area contributed by atoms with Gasteiger partial charge in [0.2, 0.25) is 0 Å². The molecule has 0 aliphatic heterocycles. The summed E-state index contributed by atoms with van der Waals surface area (Å²) in [6, 6.07) is 7.94. The molecule has 1 amide bonds. The van der Waals surface area contributed by atoms with E-state index < -0.39 is 5.91 Å².